The molecule has 1 rings (SSSR count). The fourth-order valence-electron chi connectivity index (χ4n) is 1.47. The van der Waals surface area contributed by atoms with Gasteiger partial charge in [0.05, 0.1) is 6.10 Å². The van der Waals surface area contributed by atoms with Gasteiger partial charge in [-0.25, -0.2) is 4.79 Å². The number of rotatable bonds is 6. The second kappa shape index (κ2) is 7.55. The molecule has 1 unspecified atom stereocenters. The Labute approximate surface area is 107 Å². The van der Waals surface area contributed by atoms with Gasteiger partial charge in [0, 0.05) is 18.8 Å². The molecule has 1 aromatic rings. The first kappa shape index (κ1) is 14.3. The molecular formula is C13H21N3O2. The summed E-state index contributed by atoms with van der Waals surface area (Å²) in [5.74, 6) is 0. The van der Waals surface area contributed by atoms with E-state index in [1.807, 2.05) is 0 Å². The average Bonchev–Trinajstić information content (AvgIpc) is 2.37. The smallest absolute Gasteiger partial charge is 0.314 e. The van der Waals surface area contributed by atoms with Crippen LogP contribution in [0.4, 0.5) is 10.5 Å². The number of benzene rings is 1. The summed E-state index contributed by atoms with van der Waals surface area (Å²) < 4.78 is 0. The molecule has 100 valence electrons. The molecule has 0 saturated heterocycles. The van der Waals surface area contributed by atoms with Gasteiger partial charge in [0.25, 0.3) is 0 Å². The van der Waals surface area contributed by atoms with Crippen molar-refractivity contribution in [1.29, 1.82) is 0 Å². The number of aliphatic hydroxyl groups excluding tert-OH is 1. The summed E-state index contributed by atoms with van der Waals surface area (Å²) in [7, 11) is 0. The first-order valence-electron chi connectivity index (χ1n) is 6.18. The Bertz CT molecular complexity index is 365. The fraction of sp³-hybridized carbons (Fsp3) is 0.462. The molecule has 1 aromatic carbocycles. The first-order valence-corrected chi connectivity index (χ1v) is 6.18. The third-order valence-corrected chi connectivity index (χ3v) is 2.59. The molecule has 0 bridgehead atoms. The zero-order valence-corrected chi connectivity index (χ0v) is 10.6. The average molecular weight is 251 g/mol. The van der Waals surface area contributed by atoms with E-state index in [1.54, 1.807) is 24.3 Å². The summed E-state index contributed by atoms with van der Waals surface area (Å²) in [5.41, 5.74) is 6.94. The highest BCUT2D eigenvalue weighted by Crippen LogP contribution is 2.13. The number of nitrogens with two attached hydrogens (primary N) is 1. The number of amides is 2. The number of carbonyl (C=O) groups is 1. The normalized spacial score (nSPS) is 11.9. The number of hydrogen-bond acceptors (Lipinski definition) is 3. The number of hydrogen-bond donors (Lipinski definition) is 4. The SMILES string of the molecule is CCCCNC(=O)NCC(O)c1ccc(N)cc1. The van der Waals surface area contributed by atoms with Crippen molar-refractivity contribution in [2.45, 2.75) is 25.9 Å². The Hall–Kier alpha value is -1.75. The Kier molecular flexibility index (Phi) is 6.00. The zero-order valence-electron chi connectivity index (χ0n) is 10.6. The molecule has 0 aliphatic carbocycles. The lowest BCUT2D eigenvalue weighted by molar-refractivity contribution is 0.173. The number of aliphatic hydroxyl groups is 1. The summed E-state index contributed by atoms with van der Waals surface area (Å²) in [6, 6.07) is 6.69. The predicted octanol–water partition coefficient (Wildman–Crippen LogP) is 1.40. The second-order valence-electron chi connectivity index (χ2n) is 4.17. The van der Waals surface area contributed by atoms with Gasteiger partial charge in [-0.15, -0.1) is 0 Å². The molecule has 18 heavy (non-hydrogen) atoms. The monoisotopic (exact) mass is 251 g/mol. The van der Waals surface area contributed by atoms with Gasteiger partial charge in [-0.2, -0.15) is 0 Å². The highest BCUT2D eigenvalue weighted by molar-refractivity contribution is 5.73. The molecule has 5 nitrogen and oxygen atoms in total. The van der Waals surface area contributed by atoms with Gasteiger partial charge < -0.3 is 21.5 Å². The largest absolute Gasteiger partial charge is 0.399 e. The molecular weight excluding hydrogens is 230 g/mol. The minimum absolute atomic E-state index is 0.182. The van der Waals surface area contributed by atoms with Crippen molar-refractivity contribution in [3.8, 4) is 0 Å². The lowest BCUT2D eigenvalue weighted by atomic mass is 10.1. The summed E-state index contributed by atoms with van der Waals surface area (Å²) in [5, 5.41) is 15.2. The maximum Gasteiger partial charge on any atom is 0.314 e. The van der Waals surface area contributed by atoms with Crippen LogP contribution in [0.1, 0.15) is 31.4 Å². The number of unbranched alkanes of at least 4 members (excludes halogenated alkanes) is 1. The van der Waals surface area contributed by atoms with Crippen molar-refractivity contribution in [2.24, 2.45) is 0 Å². The zero-order chi connectivity index (χ0) is 13.4. The molecule has 0 aliphatic rings. The van der Waals surface area contributed by atoms with Crippen LogP contribution in [0, 0.1) is 0 Å². The van der Waals surface area contributed by atoms with Crippen molar-refractivity contribution in [2.75, 3.05) is 18.8 Å². The van der Waals surface area contributed by atoms with E-state index < -0.39 is 6.10 Å². The van der Waals surface area contributed by atoms with E-state index in [4.69, 9.17) is 5.73 Å². The van der Waals surface area contributed by atoms with Crippen LogP contribution in [-0.2, 0) is 0 Å². The van der Waals surface area contributed by atoms with Crippen LogP contribution in [0.5, 0.6) is 0 Å². The lowest BCUT2D eigenvalue weighted by Crippen LogP contribution is -2.38. The molecule has 0 aromatic heterocycles. The van der Waals surface area contributed by atoms with E-state index in [1.165, 1.54) is 0 Å². The molecule has 0 aliphatic heterocycles. The van der Waals surface area contributed by atoms with Gasteiger partial charge in [-0.05, 0) is 24.1 Å². The summed E-state index contributed by atoms with van der Waals surface area (Å²) in [6.45, 7) is 2.90. The topological polar surface area (TPSA) is 87.4 Å². The summed E-state index contributed by atoms with van der Waals surface area (Å²) in [4.78, 5) is 11.4. The van der Waals surface area contributed by atoms with Crippen LogP contribution in [0.15, 0.2) is 24.3 Å². The van der Waals surface area contributed by atoms with Crippen LogP contribution in [0.2, 0.25) is 0 Å². The molecule has 0 fully saturated rings. The minimum Gasteiger partial charge on any atom is -0.399 e. The van der Waals surface area contributed by atoms with E-state index in [-0.39, 0.29) is 12.6 Å². The lowest BCUT2D eigenvalue weighted by Gasteiger charge is -2.13. The highest BCUT2D eigenvalue weighted by atomic mass is 16.3. The molecule has 5 heteroatoms. The van der Waals surface area contributed by atoms with Gasteiger partial charge in [0.15, 0.2) is 0 Å². The van der Waals surface area contributed by atoms with Gasteiger partial charge in [0.2, 0.25) is 0 Å². The Morgan fingerprint density at radius 2 is 2.00 bits per heavy atom. The van der Waals surface area contributed by atoms with Gasteiger partial charge in [-0.3, -0.25) is 0 Å². The Morgan fingerprint density at radius 3 is 2.61 bits per heavy atom. The fourth-order valence-corrected chi connectivity index (χ4v) is 1.47. The molecule has 0 radical (unpaired) electrons. The van der Waals surface area contributed by atoms with Gasteiger partial charge >= 0.3 is 6.03 Å². The molecule has 0 heterocycles. The van der Waals surface area contributed by atoms with Crippen molar-refractivity contribution in [3.05, 3.63) is 29.8 Å². The van der Waals surface area contributed by atoms with Crippen molar-refractivity contribution in [1.82, 2.24) is 10.6 Å². The number of nitrogen functional groups attached to an aromatic ring is 1. The minimum atomic E-state index is -0.720. The Balaban J connectivity index is 2.30. The number of nitrogens with one attached hydrogen (secondary N) is 2. The van der Waals surface area contributed by atoms with Crippen LogP contribution >= 0.6 is 0 Å². The van der Waals surface area contributed by atoms with E-state index >= 15 is 0 Å². The van der Waals surface area contributed by atoms with E-state index in [0.29, 0.717) is 12.2 Å². The molecule has 0 spiro atoms. The maximum absolute atomic E-state index is 11.4. The Morgan fingerprint density at radius 1 is 1.33 bits per heavy atom. The molecule has 2 amide bonds. The second-order valence-corrected chi connectivity index (χ2v) is 4.17. The maximum atomic E-state index is 11.4. The molecule has 1 atom stereocenters. The highest BCUT2D eigenvalue weighted by Gasteiger charge is 2.08. The van der Waals surface area contributed by atoms with E-state index in [0.717, 1.165) is 18.4 Å². The van der Waals surface area contributed by atoms with Crippen LogP contribution < -0.4 is 16.4 Å². The summed E-state index contributed by atoms with van der Waals surface area (Å²) in [6.07, 6.45) is 1.27. The predicted molar refractivity (Wildman–Crippen MR) is 72.1 cm³/mol. The third kappa shape index (κ3) is 5.05. The van der Waals surface area contributed by atoms with Crippen molar-refractivity contribution in [3.63, 3.8) is 0 Å². The van der Waals surface area contributed by atoms with Crippen LogP contribution in [-0.4, -0.2) is 24.2 Å². The van der Waals surface area contributed by atoms with E-state index in [2.05, 4.69) is 17.6 Å². The van der Waals surface area contributed by atoms with Gasteiger partial charge in [-0.1, -0.05) is 25.5 Å². The number of anilines is 1. The van der Waals surface area contributed by atoms with Crippen molar-refractivity contribution < 1.29 is 9.90 Å². The van der Waals surface area contributed by atoms with Crippen LogP contribution in [0.3, 0.4) is 0 Å². The van der Waals surface area contributed by atoms with E-state index in [9.17, 15) is 9.90 Å². The van der Waals surface area contributed by atoms with Gasteiger partial charge in [0.1, 0.15) is 0 Å². The van der Waals surface area contributed by atoms with Crippen LogP contribution in [0.25, 0.3) is 0 Å². The van der Waals surface area contributed by atoms with Crippen molar-refractivity contribution >= 4 is 11.7 Å². The first-order chi connectivity index (χ1) is 8.63. The summed E-state index contributed by atoms with van der Waals surface area (Å²) >= 11 is 0. The number of carbonyl (C=O) groups excluding carboxylic acids is 1. The third-order valence-electron chi connectivity index (χ3n) is 2.59. The molecule has 5 N–H and O–H groups in total. The molecule has 0 saturated carbocycles. The standard InChI is InChI=1S/C13H21N3O2/c1-2-3-8-15-13(18)16-9-12(17)10-4-6-11(14)7-5-10/h4-7,12,17H,2-3,8-9,14H2,1H3,(H2,15,16,18). The number of urea groups is 1. The quantitative estimate of drug-likeness (QED) is 0.455.